The molecule has 1 aliphatic carbocycles. The number of aryl methyl sites for hydroxylation is 1. The van der Waals surface area contributed by atoms with Gasteiger partial charge in [-0.3, -0.25) is 4.79 Å². The minimum Gasteiger partial charge on any atom is -0.391 e. The molecule has 1 aliphatic rings. The van der Waals surface area contributed by atoms with Crippen molar-refractivity contribution in [2.45, 2.75) is 31.8 Å². The SMILES string of the molecule is O=C(CCc1nc2ccccc2s1)NCC(O)C1CC1. The van der Waals surface area contributed by atoms with Crippen LogP contribution in [0.4, 0.5) is 0 Å². The average molecular weight is 290 g/mol. The monoisotopic (exact) mass is 290 g/mol. The molecule has 4 nitrogen and oxygen atoms in total. The Hall–Kier alpha value is -1.46. The third-order valence-corrected chi connectivity index (χ3v) is 4.67. The molecule has 0 saturated heterocycles. The zero-order valence-corrected chi connectivity index (χ0v) is 12.0. The molecule has 1 aromatic heterocycles. The van der Waals surface area contributed by atoms with E-state index in [0.29, 0.717) is 25.3 Å². The summed E-state index contributed by atoms with van der Waals surface area (Å²) < 4.78 is 1.16. The molecule has 106 valence electrons. The van der Waals surface area contributed by atoms with Gasteiger partial charge < -0.3 is 10.4 Å². The van der Waals surface area contributed by atoms with Crippen molar-refractivity contribution >= 4 is 27.5 Å². The van der Waals surface area contributed by atoms with E-state index >= 15 is 0 Å². The van der Waals surface area contributed by atoms with Gasteiger partial charge in [-0.1, -0.05) is 12.1 Å². The summed E-state index contributed by atoms with van der Waals surface area (Å²) in [5.74, 6) is 0.392. The van der Waals surface area contributed by atoms with E-state index in [2.05, 4.69) is 10.3 Å². The molecule has 5 heteroatoms. The Bertz CT molecular complexity index is 574. The fourth-order valence-electron chi connectivity index (χ4n) is 2.20. The van der Waals surface area contributed by atoms with E-state index in [0.717, 1.165) is 28.1 Å². The molecule has 2 N–H and O–H groups in total. The molecular formula is C15H18N2O2S. The lowest BCUT2D eigenvalue weighted by Crippen LogP contribution is -2.33. The van der Waals surface area contributed by atoms with Gasteiger partial charge in [0.1, 0.15) is 0 Å². The second kappa shape index (κ2) is 5.89. The first-order valence-corrected chi connectivity index (χ1v) is 7.83. The van der Waals surface area contributed by atoms with E-state index in [1.807, 2.05) is 24.3 Å². The zero-order valence-electron chi connectivity index (χ0n) is 11.2. The first-order chi connectivity index (χ1) is 9.72. The van der Waals surface area contributed by atoms with Crippen molar-refractivity contribution in [3.8, 4) is 0 Å². The Morgan fingerprint density at radius 2 is 2.25 bits per heavy atom. The van der Waals surface area contributed by atoms with Crippen LogP contribution in [0, 0.1) is 5.92 Å². The van der Waals surface area contributed by atoms with Crippen molar-refractivity contribution in [2.24, 2.45) is 5.92 Å². The van der Waals surface area contributed by atoms with E-state index in [4.69, 9.17) is 0 Å². The number of nitrogens with one attached hydrogen (secondary N) is 1. The maximum atomic E-state index is 11.7. The van der Waals surface area contributed by atoms with Gasteiger partial charge in [0.25, 0.3) is 0 Å². The quantitative estimate of drug-likeness (QED) is 0.856. The molecule has 1 amide bonds. The summed E-state index contributed by atoms with van der Waals surface area (Å²) in [4.78, 5) is 16.2. The van der Waals surface area contributed by atoms with Crippen LogP contribution in [0.1, 0.15) is 24.3 Å². The van der Waals surface area contributed by atoms with Gasteiger partial charge in [0, 0.05) is 19.4 Å². The van der Waals surface area contributed by atoms with Crippen LogP contribution < -0.4 is 5.32 Å². The molecule has 1 aromatic carbocycles. The van der Waals surface area contributed by atoms with E-state index in [9.17, 15) is 9.90 Å². The van der Waals surface area contributed by atoms with Crippen LogP contribution in [0.5, 0.6) is 0 Å². The fourth-order valence-corrected chi connectivity index (χ4v) is 3.17. The van der Waals surface area contributed by atoms with Crippen LogP contribution in [-0.2, 0) is 11.2 Å². The Balaban J connectivity index is 1.47. The maximum Gasteiger partial charge on any atom is 0.220 e. The van der Waals surface area contributed by atoms with Gasteiger partial charge in [0.2, 0.25) is 5.91 Å². The van der Waals surface area contributed by atoms with Crippen LogP contribution in [0.3, 0.4) is 0 Å². The molecule has 0 spiro atoms. The maximum absolute atomic E-state index is 11.7. The Morgan fingerprint density at radius 1 is 1.45 bits per heavy atom. The van der Waals surface area contributed by atoms with E-state index in [1.165, 1.54) is 0 Å². The second-order valence-corrected chi connectivity index (χ2v) is 6.40. The lowest BCUT2D eigenvalue weighted by atomic mass is 10.2. The highest BCUT2D eigenvalue weighted by molar-refractivity contribution is 7.18. The second-order valence-electron chi connectivity index (χ2n) is 5.28. The van der Waals surface area contributed by atoms with Gasteiger partial charge in [0.15, 0.2) is 0 Å². The van der Waals surface area contributed by atoms with Gasteiger partial charge in [-0.25, -0.2) is 4.98 Å². The summed E-state index contributed by atoms with van der Waals surface area (Å²) >= 11 is 1.64. The third kappa shape index (κ3) is 3.35. The molecule has 1 unspecified atom stereocenters. The highest BCUT2D eigenvalue weighted by Gasteiger charge is 2.29. The largest absolute Gasteiger partial charge is 0.391 e. The summed E-state index contributed by atoms with van der Waals surface area (Å²) in [6.07, 6.45) is 2.88. The summed E-state index contributed by atoms with van der Waals surface area (Å²) in [5, 5.41) is 13.5. The van der Waals surface area contributed by atoms with Gasteiger partial charge in [0.05, 0.1) is 21.3 Å². The van der Waals surface area contributed by atoms with Gasteiger partial charge in [-0.05, 0) is 30.9 Å². The van der Waals surface area contributed by atoms with Crippen molar-refractivity contribution in [3.63, 3.8) is 0 Å². The van der Waals surface area contributed by atoms with Crippen molar-refractivity contribution in [2.75, 3.05) is 6.54 Å². The fraction of sp³-hybridized carbons (Fsp3) is 0.467. The molecule has 3 rings (SSSR count). The van der Waals surface area contributed by atoms with Gasteiger partial charge in [-0.15, -0.1) is 11.3 Å². The third-order valence-electron chi connectivity index (χ3n) is 3.58. The number of thiazole rings is 1. The van der Waals surface area contributed by atoms with Crippen LogP contribution >= 0.6 is 11.3 Å². The molecule has 0 aliphatic heterocycles. The number of nitrogens with zero attached hydrogens (tertiary/aromatic N) is 1. The highest BCUT2D eigenvalue weighted by atomic mass is 32.1. The van der Waals surface area contributed by atoms with Crippen LogP contribution in [-0.4, -0.2) is 28.6 Å². The van der Waals surface area contributed by atoms with Gasteiger partial charge >= 0.3 is 0 Å². The summed E-state index contributed by atoms with van der Waals surface area (Å²) in [6.45, 7) is 0.378. The Kier molecular flexibility index (Phi) is 3.98. The summed E-state index contributed by atoms with van der Waals surface area (Å²) in [7, 11) is 0. The highest BCUT2D eigenvalue weighted by Crippen LogP contribution is 2.32. The molecule has 1 saturated carbocycles. The molecule has 20 heavy (non-hydrogen) atoms. The van der Waals surface area contributed by atoms with Crippen molar-refractivity contribution in [1.29, 1.82) is 0 Å². The van der Waals surface area contributed by atoms with E-state index in [-0.39, 0.29) is 12.0 Å². The number of amides is 1. The number of rotatable bonds is 6. The molecule has 0 radical (unpaired) electrons. The van der Waals surface area contributed by atoms with E-state index < -0.39 is 0 Å². The number of carbonyl (C=O) groups excluding carboxylic acids is 1. The normalized spacial score (nSPS) is 16.2. The molecular weight excluding hydrogens is 272 g/mol. The predicted molar refractivity (Wildman–Crippen MR) is 79.7 cm³/mol. The minimum atomic E-state index is -0.374. The lowest BCUT2D eigenvalue weighted by Gasteiger charge is -2.10. The standard InChI is InChI=1S/C15H18N2O2S/c18-12(10-5-6-10)9-16-14(19)7-8-15-17-11-3-1-2-4-13(11)20-15/h1-4,10,12,18H,5-9H2,(H,16,19). The first kappa shape index (κ1) is 13.5. The predicted octanol–water partition coefficient (Wildman–Crippen LogP) is 2.12. The summed E-state index contributed by atoms with van der Waals surface area (Å²) in [5.41, 5.74) is 0.997. The number of para-hydroxylation sites is 1. The number of aliphatic hydroxyl groups is 1. The number of aliphatic hydroxyl groups excluding tert-OH is 1. The average Bonchev–Trinajstić information content (AvgIpc) is 3.22. The molecule has 1 atom stereocenters. The van der Waals surface area contributed by atoms with E-state index in [1.54, 1.807) is 11.3 Å². The summed E-state index contributed by atoms with van der Waals surface area (Å²) in [6, 6.07) is 8.00. The number of hydrogen-bond acceptors (Lipinski definition) is 4. The van der Waals surface area contributed by atoms with Crippen LogP contribution in [0.25, 0.3) is 10.2 Å². The number of hydrogen-bond donors (Lipinski definition) is 2. The number of fused-ring (bicyclic) bond motifs is 1. The van der Waals surface area contributed by atoms with Gasteiger partial charge in [-0.2, -0.15) is 0 Å². The van der Waals surface area contributed by atoms with Crippen LogP contribution in [0.2, 0.25) is 0 Å². The zero-order chi connectivity index (χ0) is 13.9. The molecule has 1 heterocycles. The topological polar surface area (TPSA) is 62.2 Å². The minimum absolute atomic E-state index is 0.0102. The smallest absolute Gasteiger partial charge is 0.220 e. The molecule has 1 fully saturated rings. The first-order valence-electron chi connectivity index (χ1n) is 7.01. The number of carbonyl (C=O) groups is 1. The number of aromatic nitrogens is 1. The van der Waals surface area contributed by atoms with Crippen molar-refractivity contribution in [3.05, 3.63) is 29.3 Å². The molecule has 2 aromatic rings. The Labute approximate surface area is 121 Å². The Morgan fingerprint density at radius 3 is 3.00 bits per heavy atom. The molecule has 0 bridgehead atoms. The van der Waals surface area contributed by atoms with Crippen LogP contribution in [0.15, 0.2) is 24.3 Å². The lowest BCUT2D eigenvalue weighted by molar-refractivity contribution is -0.121. The number of benzene rings is 1. The van der Waals surface area contributed by atoms with Crippen molar-refractivity contribution in [1.82, 2.24) is 10.3 Å². The van der Waals surface area contributed by atoms with Crippen molar-refractivity contribution < 1.29 is 9.90 Å².